The fourth-order valence-electron chi connectivity index (χ4n) is 6.41. The van der Waals surface area contributed by atoms with Gasteiger partial charge in [-0.25, -0.2) is 4.98 Å². The molecule has 1 aromatic heterocycles. The van der Waals surface area contributed by atoms with Crippen LogP contribution in [0.3, 0.4) is 0 Å². The Kier molecular flexibility index (Phi) is 13.1. The lowest BCUT2D eigenvalue weighted by atomic mass is 9.12. The van der Waals surface area contributed by atoms with Crippen LogP contribution in [0.4, 0.5) is 105 Å². The second-order valence-electron chi connectivity index (χ2n) is 13.3. The van der Waals surface area contributed by atoms with Crippen LogP contribution in [0.15, 0.2) is 103 Å². The Balaban J connectivity index is 0.00000133. The van der Waals surface area contributed by atoms with E-state index in [0.717, 1.165) is 0 Å². The average molecular weight is 943 g/mol. The third-order valence-corrected chi connectivity index (χ3v) is 9.05. The first-order valence-electron chi connectivity index (χ1n) is 16.5. The van der Waals surface area contributed by atoms with Gasteiger partial charge in [0.1, 0.15) is 6.15 Å². The molecule has 0 saturated heterocycles. The SMILES string of the molecule is FC(F)(F)c1cc([B-](c2cc(C(F)(F)F)cc(C(F)(F)F)c2)(c2cc(C(F)(F)F)cc(C(F)(F)F)c2)c2cc(C(F)(F)F)cc(C(F)(F)F)c2)cc(C(F)(F)F)c1.c1cc[nH+]cc1. The molecule has 342 valence electrons. The van der Waals surface area contributed by atoms with E-state index < -0.39 is 195 Å². The van der Waals surface area contributed by atoms with Crippen molar-refractivity contribution in [1.29, 1.82) is 0 Å². The van der Waals surface area contributed by atoms with Gasteiger partial charge in [-0.05, 0) is 24.3 Å². The first-order valence-corrected chi connectivity index (χ1v) is 16.5. The van der Waals surface area contributed by atoms with Gasteiger partial charge >= 0.3 is 49.4 Å². The number of H-pyrrole nitrogens is 1. The van der Waals surface area contributed by atoms with Crippen molar-refractivity contribution >= 4 is 28.0 Å². The molecule has 0 bridgehead atoms. The van der Waals surface area contributed by atoms with Crippen LogP contribution < -0.4 is 26.8 Å². The Morgan fingerprint density at radius 3 is 0.492 bits per heavy atom. The fraction of sp³-hybridized carbons (Fsp3) is 0.216. The molecule has 1 nitrogen and oxygen atoms in total. The summed E-state index contributed by atoms with van der Waals surface area (Å²) < 4.78 is 341. The van der Waals surface area contributed by atoms with Crippen molar-refractivity contribution in [3.05, 3.63) is 148 Å². The quantitative estimate of drug-likeness (QED) is 0.126. The predicted molar refractivity (Wildman–Crippen MR) is 173 cm³/mol. The molecule has 26 heteroatoms. The first-order chi connectivity index (χ1) is 28.3. The predicted octanol–water partition coefficient (Wildman–Crippen LogP) is 11.7. The van der Waals surface area contributed by atoms with Gasteiger partial charge in [0.15, 0.2) is 12.4 Å². The minimum Gasteiger partial charge on any atom is -0.218 e. The number of pyridine rings is 1. The van der Waals surface area contributed by atoms with Crippen LogP contribution in [0.1, 0.15) is 44.5 Å². The lowest BCUT2D eigenvalue weighted by Crippen LogP contribution is -2.75. The van der Waals surface area contributed by atoms with E-state index in [1.807, 2.05) is 30.6 Å². The number of aromatic amines is 1. The van der Waals surface area contributed by atoms with E-state index in [-0.39, 0.29) is 0 Å². The Hall–Kier alpha value is -5.59. The lowest BCUT2D eigenvalue weighted by Gasteiger charge is -2.46. The van der Waals surface area contributed by atoms with Crippen LogP contribution in [-0.2, 0) is 49.4 Å². The molecule has 0 saturated carbocycles. The van der Waals surface area contributed by atoms with Crippen LogP contribution in [0.25, 0.3) is 0 Å². The highest BCUT2D eigenvalue weighted by Gasteiger charge is 2.47. The van der Waals surface area contributed by atoms with Crippen molar-refractivity contribution in [2.45, 2.75) is 49.4 Å². The largest absolute Gasteiger partial charge is 0.416 e. The van der Waals surface area contributed by atoms with Crippen LogP contribution in [0.2, 0.25) is 0 Å². The van der Waals surface area contributed by atoms with Crippen LogP contribution >= 0.6 is 0 Å². The summed E-state index contributed by atoms with van der Waals surface area (Å²) in [5.41, 5.74) is -30.2. The van der Waals surface area contributed by atoms with E-state index in [4.69, 9.17) is 0 Å². The molecule has 0 aliphatic heterocycles. The molecule has 0 amide bonds. The summed E-state index contributed by atoms with van der Waals surface area (Å²) in [6.07, 6.45) is -51.1. The molecule has 0 fully saturated rings. The van der Waals surface area contributed by atoms with Crippen LogP contribution in [-0.4, -0.2) is 6.15 Å². The van der Waals surface area contributed by atoms with Gasteiger partial charge in [-0.2, -0.15) is 127 Å². The topological polar surface area (TPSA) is 14.1 Å². The Bertz CT molecular complexity index is 1930. The van der Waals surface area contributed by atoms with Gasteiger partial charge in [0.25, 0.3) is 0 Å². The Labute approximate surface area is 335 Å². The van der Waals surface area contributed by atoms with Crippen molar-refractivity contribution in [1.82, 2.24) is 0 Å². The fourth-order valence-corrected chi connectivity index (χ4v) is 6.41. The van der Waals surface area contributed by atoms with Crippen LogP contribution in [0.5, 0.6) is 0 Å². The molecule has 0 unspecified atom stereocenters. The van der Waals surface area contributed by atoms with Crippen LogP contribution in [0, 0.1) is 0 Å². The Morgan fingerprint density at radius 1 is 0.238 bits per heavy atom. The molecule has 0 radical (unpaired) electrons. The molecule has 4 aromatic carbocycles. The van der Waals surface area contributed by atoms with E-state index in [1.54, 1.807) is 0 Å². The van der Waals surface area contributed by atoms with Crippen molar-refractivity contribution in [2.24, 2.45) is 0 Å². The normalized spacial score (nSPS) is 13.7. The number of benzene rings is 4. The minimum absolute atomic E-state index is 0.691. The number of hydrogen-bond acceptors (Lipinski definition) is 0. The zero-order valence-electron chi connectivity index (χ0n) is 30.0. The Morgan fingerprint density at radius 2 is 0.397 bits per heavy atom. The molecular weight excluding hydrogens is 925 g/mol. The van der Waals surface area contributed by atoms with Gasteiger partial charge in [0, 0.05) is 12.1 Å². The summed E-state index contributed by atoms with van der Waals surface area (Å²) in [6.45, 7) is 0. The van der Waals surface area contributed by atoms with Gasteiger partial charge in [-0.15, -0.1) is 0 Å². The minimum atomic E-state index is -6.13. The van der Waals surface area contributed by atoms with E-state index in [9.17, 15) is 105 Å². The van der Waals surface area contributed by atoms with Gasteiger partial charge in [-0.1, -0.05) is 54.6 Å². The monoisotopic (exact) mass is 943 g/mol. The maximum absolute atomic E-state index is 14.2. The lowest BCUT2D eigenvalue weighted by molar-refractivity contribution is -0.378. The van der Waals surface area contributed by atoms with Gasteiger partial charge in [-0.3, -0.25) is 0 Å². The summed E-state index contributed by atoms with van der Waals surface area (Å²) in [4.78, 5) is 2.89. The van der Waals surface area contributed by atoms with Gasteiger partial charge in [0.2, 0.25) is 0 Å². The number of aromatic nitrogens is 1. The van der Waals surface area contributed by atoms with Gasteiger partial charge < -0.3 is 0 Å². The van der Waals surface area contributed by atoms with Gasteiger partial charge in [0.05, 0.1) is 44.5 Å². The number of hydrogen-bond donors (Lipinski definition) is 0. The zero-order chi connectivity index (χ0) is 48.2. The summed E-state index contributed by atoms with van der Waals surface area (Å²) in [5, 5.41) is 0. The molecule has 0 aliphatic rings. The molecule has 1 N–H and O–H groups in total. The van der Waals surface area contributed by atoms with Crippen molar-refractivity contribution in [3.8, 4) is 0 Å². The molecule has 5 aromatic rings. The summed E-state index contributed by atoms with van der Waals surface area (Å²) in [6, 6.07) is -2.95. The molecule has 0 aliphatic carbocycles. The number of rotatable bonds is 4. The zero-order valence-corrected chi connectivity index (χ0v) is 30.0. The van der Waals surface area contributed by atoms with E-state index >= 15 is 0 Å². The van der Waals surface area contributed by atoms with E-state index in [1.165, 1.54) is 0 Å². The maximum atomic E-state index is 14.2. The molecule has 0 spiro atoms. The van der Waals surface area contributed by atoms with E-state index in [0.29, 0.717) is 0 Å². The average Bonchev–Trinajstić information content (AvgIpc) is 3.13. The second kappa shape index (κ2) is 16.5. The molecule has 5 rings (SSSR count). The molecule has 1 heterocycles. The number of alkyl halides is 24. The second-order valence-corrected chi connectivity index (χ2v) is 13.3. The summed E-state index contributed by atoms with van der Waals surface area (Å²) in [5.74, 6) is 0. The molecular formula is C37H18BF24N. The number of halogens is 24. The summed E-state index contributed by atoms with van der Waals surface area (Å²) in [7, 11) is 0. The van der Waals surface area contributed by atoms with Crippen molar-refractivity contribution in [2.75, 3.05) is 0 Å². The third-order valence-electron chi connectivity index (χ3n) is 9.05. The highest BCUT2D eigenvalue weighted by atomic mass is 19.4. The third kappa shape index (κ3) is 11.5. The highest BCUT2D eigenvalue weighted by molar-refractivity contribution is 7.20. The van der Waals surface area contributed by atoms with Crippen molar-refractivity contribution < 1.29 is 110 Å². The standard InChI is InChI=1S/C32H12BF24.C5H5N/c34-25(35,36)13-1-14(26(37,38)39)6-21(5-13)33(22-7-15(27(40,41)42)2-16(8-22)28(43,44)45,23-9-17(29(46,47)48)3-18(10-23)30(49,50)51)24-11-19(31(52,53)54)4-20(12-24)32(55,56)57;1-2-4-6-5-3-1/h1-12H;1-5H/q-1;/p+1. The maximum Gasteiger partial charge on any atom is 0.416 e. The smallest absolute Gasteiger partial charge is 0.218 e. The van der Waals surface area contributed by atoms with E-state index in [2.05, 4.69) is 4.98 Å². The summed E-state index contributed by atoms with van der Waals surface area (Å²) >= 11 is 0. The number of nitrogens with one attached hydrogen (secondary N) is 1. The molecule has 63 heavy (non-hydrogen) atoms. The molecule has 0 atom stereocenters. The van der Waals surface area contributed by atoms with Crippen molar-refractivity contribution in [3.63, 3.8) is 0 Å². The first kappa shape index (κ1) is 50.1. The highest BCUT2D eigenvalue weighted by Crippen LogP contribution is 2.41.